The van der Waals surface area contributed by atoms with Crippen molar-refractivity contribution in [2.75, 3.05) is 13.1 Å². The Balaban J connectivity index is 1.69. The van der Waals surface area contributed by atoms with Crippen LogP contribution >= 0.6 is 0 Å². The summed E-state index contributed by atoms with van der Waals surface area (Å²) in [5.41, 5.74) is 0.734. The molecule has 2 amide bonds. The van der Waals surface area contributed by atoms with Crippen LogP contribution in [-0.4, -0.2) is 46.7 Å². The Kier molecular flexibility index (Phi) is 8.70. The minimum Gasteiger partial charge on any atom is -0.475 e. The zero-order chi connectivity index (χ0) is 25.6. The van der Waals surface area contributed by atoms with Crippen LogP contribution in [0.15, 0.2) is 42.6 Å². The van der Waals surface area contributed by atoms with Gasteiger partial charge in [-0.05, 0) is 89.6 Å². The summed E-state index contributed by atoms with van der Waals surface area (Å²) in [5, 5.41) is 3.09. The number of carbonyl (C=O) groups excluding carboxylic acids is 2. The Hall–Kier alpha value is -3.16. The number of amides is 2. The third-order valence-corrected chi connectivity index (χ3v) is 5.77. The number of hydrogen-bond donors (Lipinski definition) is 1. The van der Waals surface area contributed by atoms with Crippen LogP contribution in [0.3, 0.4) is 0 Å². The second-order valence-corrected chi connectivity index (χ2v) is 10.3. The van der Waals surface area contributed by atoms with Crippen molar-refractivity contribution in [3.63, 3.8) is 0 Å². The van der Waals surface area contributed by atoms with E-state index in [1.54, 1.807) is 17.2 Å². The molecule has 0 aliphatic carbocycles. The molecule has 0 bridgehead atoms. The molecule has 0 saturated carbocycles. The van der Waals surface area contributed by atoms with Gasteiger partial charge in [-0.3, -0.25) is 4.79 Å². The van der Waals surface area contributed by atoms with Crippen molar-refractivity contribution < 1.29 is 23.5 Å². The van der Waals surface area contributed by atoms with E-state index in [0.717, 1.165) is 18.4 Å². The summed E-state index contributed by atoms with van der Waals surface area (Å²) < 4.78 is 24.4. The first-order chi connectivity index (χ1) is 16.5. The number of aromatic nitrogens is 1. The number of benzene rings is 1. The summed E-state index contributed by atoms with van der Waals surface area (Å²) in [6.07, 6.45) is 3.76. The van der Waals surface area contributed by atoms with Crippen LogP contribution in [0.4, 0.5) is 9.18 Å². The van der Waals surface area contributed by atoms with E-state index in [-0.39, 0.29) is 30.0 Å². The van der Waals surface area contributed by atoms with Crippen molar-refractivity contribution in [1.29, 1.82) is 0 Å². The number of halogens is 1. The molecule has 1 fully saturated rings. The molecule has 3 rings (SSSR count). The van der Waals surface area contributed by atoms with Gasteiger partial charge >= 0.3 is 6.09 Å². The van der Waals surface area contributed by atoms with Crippen LogP contribution in [0.25, 0.3) is 0 Å². The van der Waals surface area contributed by atoms with Crippen LogP contribution in [0.5, 0.6) is 5.88 Å². The lowest BCUT2D eigenvalue weighted by atomic mass is 9.88. The second kappa shape index (κ2) is 11.5. The first-order valence-electron chi connectivity index (χ1n) is 12.2. The smallest absolute Gasteiger partial charge is 0.410 e. The number of carbonyl (C=O) groups is 2. The fourth-order valence-corrected chi connectivity index (χ4v) is 4.04. The van der Waals surface area contributed by atoms with Gasteiger partial charge in [-0.2, -0.15) is 0 Å². The van der Waals surface area contributed by atoms with Crippen LogP contribution in [0.2, 0.25) is 0 Å². The fourth-order valence-electron chi connectivity index (χ4n) is 4.04. The number of pyridine rings is 1. The third-order valence-electron chi connectivity index (χ3n) is 5.77. The van der Waals surface area contributed by atoms with Crippen molar-refractivity contribution >= 4 is 12.0 Å². The zero-order valence-corrected chi connectivity index (χ0v) is 21.2. The summed E-state index contributed by atoms with van der Waals surface area (Å²) in [6, 6.07) is 8.92. The number of nitrogens with one attached hydrogen (secondary N) is 1. The van der Waals surface area contributed by atoms with Gasteiger partial charge in [0.15, 0.2) is 0 Å². The molecular weight excluding hydrogens is 449 g/mol. The van der Waals surface area contributed by atoms with Gasteiger partial charge in [-0.15, -0.1) is 0 Å². The van der Waals surface area contributed by atoms with Crippen molar-refractivity contribution in [2.24, 2.45) is 5.92 Å². The number of hydrogen-bond acceptors (Lipinski definition) is 5. The molecule has 1 aliphatic rings. The lowest BCUT2D eigenvalue weighted by Crippen LogP contribution is -2.42. The quantitative estimate of drug-likeness (QED) is 0.559. The maximum atomic E-state index is 13.3. The average Bonchev–Trinajstić information content (AvgIpc) is 2.78. The summed E-state index contributed by atoms with van der Waals surface area (Å²) in [6.45, 7) is 10.7. The number of rotatable bonds is 7. The highest BCUT2D eigenvalue weighted by Gasteiger charge is 2.29. The maximum absolute atomic E-state index is 13.3. The van der Waals surface area contributed by atoms with Crippen LogP contribution in [0, 0.1) is 11.7 Å². The number of nitrogens with zero attached hydrogens (tertiary/aromatic N) is 2. The van der Waals surface area contributed by atoms with Crippen LogP contribution < -0.4 is 10.1 Å². The number of piperidine rings is 1. The minimum absolute atomic E-state index is 0.0116. The van der Waals surface area contributed by atoms with Gasteiger partial charge in [0.2, 0.25) is 5.88 Å². The molecule has 8 heteroatoms. The number of ether oxygens (including phenoxy) is 2. The van der Waals surface area contributed by atoms with Gasteiger partial charge in [0, 0.05) is 30.9 Å². The number of likely N-dealkylation sites (tertiary alicyclic amines) is 1. The summed E-state index contributed by atoms with van der Waals surface area (Å²) in [4.78, 5) is 31.5. The largest absolute Gasteiger partial charge is 0.475 e. The van der Waals surface area contributed by atoms with E-state index < -0.39 is 5.60 Å². The Morgan fingerprint density at radius 2 is 1.77 bits per heavy atom. The van der Waals surface area contributed by atoms with Crippen molar-refractivity contribution in [2.45, 2.75) is 71.6 Å². The van der Waals surface area contributed by atoms with Gasteiger partial charge in [-0.25, -0.2) is 14.2 Å². The molecule has 1 atom stereocenters. The van der Waals surface area contributed by atoms with Crippen LogP contribution in [-0.2, 0) is 4.74 Å². The molecule has 7 nitrogen and oxygen atoms in total. The predicted molar refractivity (Wildman–Crippen MR) is 132 cm³/mol. The van der Waals surface area contributed by atoms with Gasteiger partial charge in [0.1, 0.15) is 11.4 Å². The summed E-state index contributed by atoms with van der Waals surface area (Å²) in [7, 11) is 0. The van der Waals surface area contributed by atoms with Gasteiger partial charge in [0.05, 0.1) is 12.1 Å². The van der Waals surface area contributed by atoms with Gasteiger partial charge in [0.25, 0.3) is 5.91 Å². The molecule has 1 aromatic heterocycles. The fraction of sp³-hybridized carbons (Fsp3) is 0.519. The molecule has 1 aliphatic heterocycles. The molecule has 0 spiro atoms. The summed E-state index contributed by atoms with van der Waals surface area (Å²) in [5.74, 6) is 0.167. The maximum Gasteiger partial charge on any atom is 0.410 e. The monoisotopic (exact) mass is 485 g/mol. The predicted octanol–water partition coefficient (Wildman–Crippen LogP) is 5.52. The normalized spacial score (nSPS) is 15.6. The first kappa shape index (κ1) is 26.4. The van der Waals surface area contributed by atoms with E-state index in [9.17, 15) is 14.0 Å². The second-order valence-electron chi connectivity index (χ2n) is 10.3. The molecule has 1 aromatic carbocycles. The van der Waals surface area contributed by atoms with E-state index in [1.165, 1.54) is 24.3 Å². The SMILES string of the molecule is CC(C)Oc1ccc(C(CC2CCN(C(=O)OC(C)(C)C)CC2)NC(=O)c2ccc(F)cc2)cn1. The van der Waals surface area contributed by atoms with Crippen molar-refractivity contribution in [3.05, 3.63) is 59.5 Å². The molecule has 35 heavy (non-hydrogen) atoms. The lowest BCUT2D eigenvalue weighted by molar-refractivity contribution is 0.0178. The molecule has 2 heterocycles. The van der Waals surface area contributed by atoms with E-state index in [0.29, 0.717) is 36.9 Å². The Morgan fingerprint density at radius 3 is 2.31 bits per heavy atom. The topological polar surface area (TPSA) is 80.8 Å². The highest BCUT2D eigenvalue weighted by Crippen LogP contribution is 2.30. The van der Waals surface area contributed by atoms with Gasteiger partial charge < -0.3 is 19.7 Å². The molecule has 190 valence electrons. The Morgan fingerprint density at radius 1 is 1.11 bits per heavy atom. The highest BCUT2D eigenvalue weighted by molar-refractivity contribution is 5.94. The third kappa shape index (κ3) is 8.23. The van der Waals surface area contributed by atoms with E-state index >= 15 is 0 Å². The average molecular weight is 486 g/mol. The van der Waals surface area contributed by atoms with E-state index in [4.69, 9.17) is 9.47 Å². The molecule has 1 N–H and O–H groups in total. The Bertz CT molecular complexity index is 979. The molecule has 2 aromatic rings. The van der Waals surface area contributed by atoms with E-state index in [1.807, 2.05) is 40.7 Å². The highest BCUT2D eigenvalue weighted by atomic mass is 19.1. The molecule has 1 unspecified atom stereocenters. The Labute approximate surface area is 207 Å². The van der Waals surface area contributed by atoms with E-state index in [2.05, 4.69) is 10.3 Å². The van der Waals surface area contributed by atoms with Gasteiger partial charge in [-0.1, -0.05) is 6.07 Å². The molecule has 0 radical (unpaired) electrons. The van der Waals surface area contributed by atoms with Crippen molar-refractivity contribution in [3.8, 4) is 5.88 Å². The molecular formula is C27H36FN3O4. The molecule has 1 saturated heterocycles. The lowest BCUT2D eigenvalue weighted by Gasteiger charge is -2.35. The van der Waals surface area contributed by atoms with Crippen LogP contribution in [0.1, 0.15) is 75.8 Å². The first-order valence-corrected chi connectivity index (χ1v) is 12.2. The minimum atomic E-state index is -0.526. The van der Waals surface area contributed by atoms with Crippen molar-refractivity contribution in [1.82, 2.24) is 15.2 Å². The standard InChI is InChI=1S/C27H36FN3O4/c1-18(2)34-24-11-8-21(17-29-24)23(30-25(32)20-6-9-22(28)10-7-20)16-19-12-14-31(15-13-19)26(33)35-27(3,4)5/h6-11,17-19,23H,12-16H2,1-5H3,(H,30,32). The zero-order valence-electron chi connectivity index (χ0n) is 21.2. The summed E-state index contributed by atoms with van der Waals surface area (Å²) >= 11 is 0.